The average molecular weight is 996 g/mol. The molecule has 0 saturated carbocycles. The van der Waals surface area contributed by atoms with Crippen molar-refractivity contribution >= 4 is 17.9 Å². The van der Waals surface area contributed by atoms with Crippen LogP contribution in [-0.2, 0) is 28.6 Å². The number of rotatable bonds is 57. The van der Waals surface area contributed by atoms with Crippen molar-refractivity contribution in [1.29, 1.82) is 0 Å². The minimum Gasteiger partial charge on any atom is -0.462 e. The van der Waals surface area contributed by atoms with Crippen LogP contribution in [0.25, 0.3) is 0 Å². The zero-order valence-corrected chi connectivity index (χ0v) is 47.5. The van der Waals surface area contributed by atoms with Crippen molar-refractivity contribution in [2.45, 2.75) is 335 Å². The number of carbonyl (C=O) groups is 3. The molecule has 1 atom stereocenters. The third kappa shape index (κ3) is 58.1. The van der Waals surface area contributed by atoms with Gasteiger partial charge in [0.05, 0.1) is 0 Å². The Morgan fingerprint density at radius 3 is 0.831 bits per heavy atom. The molecule has 0 aliphatic rings. The van der Waals surface area contributed by atoms with Crippen LogP contribution in [0.5, 0.6) is 0 Å². The lowest BCUT2D eigenvalue weighted by molar-refractivity contribution is -0.167. The highest BCUT2D eigenvalue weighted by Crippen LogP contribution is 2.17. The first-order valence-electron chi connectivity index (χ1n) is 31.1. The van der Waals surface area contributed by atoms with Crippen LogP contribution in [0.15, 0.2) is 48.6 Å². The van der Waals surface area contributed by atoms with Gasteiger partial charge in [0.15, 0.2) is 6.10 Å². The summed E-state index contributed by atoms with van der Waals surface area (Å²) in [5, 5.41) is 0. The summed E-state index contributed by atoms with van der Waals surface area (Å²) in [5.41, 5.74) is 0. The Balaban J connectivity index is 4.37. The SMILES string of the molecule is CCCCC/C=C/C/C=C/C/C=C/CCCCCCC(=O)O[C@@H](COC(=O)CCCCCCCCCCC/C=C/CCCCCCCC)COC(=O)CCCCCCCCCCCCCCCCCCC. The Hall–Kier alpha value is -2.63. The number of ether oxygens (including phenoxy) is 3. The van der Waals surface area contributed by atoms with E-state index in [1.54, 1.807) is 0 Å². The van der Waals surface area contributed by atoms with Crippen LogP contribution in [0.4, 0.5) is 0 Å². The van der Waals surface area contributed by atoms with Crippen LogP contribution in [-0.4, -0.2) is 37.2 Å². The van der Waals surface area contributed by atoms with E-state index in [4.69, 9.17) is 14.2 Å². The van der Waals surface area contributed by atoms with Crippen molar-refractivity contribution in [3.05, 3.63) is 48.6 Å². The Morgan fingerprint density at radius 1 is 0.282 bits per heavy atom. The monoisotopic (exact) mass is 995 g/mol. The summed E-state index contributed by atoms with van der Waals surface area (Å²) in [6, 6.07) is 0. The summed E-state index contributed by atoms with van der Waals surface area (Å²) in [5.74, 6) is -0.884. The van der Waals surface area contributed by atoms with Gasteiger partial charge in [-0.2, -0.15) is 0 Å². The van der Waals surface area contributed by atoms with Gasteiger partial charge < -0.3 is 14.2 Å². The van der Waals surface area contributed by atoms with Gasteiger partial charge >= 0.3 is 17.9 Å². The van der Waals surface area contributed by atoms with Gasteiger partial charge in [-0.25, -0.2) is 0 Å². The number of hydrogen-bond donors (Lipinski definition) is 0. The lowest BCUT2D eigenvalue weighted by Crippen LogP contribution is -2.30. The summed E-state index contributed by atoms with van der Waals surface area (Å²) in [6.45, 7) is 6.64. The molecule has 0 bridgehead atoms. The molecule has 414 valence electrons. The molecule has 0 amide bonds. The molecule has 0 rings (SSSR count). The molecule has 0 aliphatic carbocycles. The minimum atomic E-state index is -0.784. The molecule has 0 heterocycles. The van der Waals surface area contributed by atoms with E-state index in [2.05, 4.69) is 69.4 Å². The van der Waals surface area contributed by atoms with Gasteiger partial charge in [0.2, 0.25) is 0 Å². The summed E-state index contributed by atoms with van der Waals surface area (Å²) >= 11 is 0. The van der Waals surface area contributed by atoms with E-state index in [0.29, 0.717) is 19.3 Å². The largest absolute Gasteiger partial charge is 0.462 e. The maximum absolute atomic E-state index is 12.9. The predicted octanol–water partition coefficient (Wildman–Crippen LogP) is 21.0. The lowest BCUT2D eigenvalue weighted by atomic mass is 10.0. The normalized spacial score (nSPS) is 12.3. The highest BCUT2D eigenvalue weighted by molar-refractivity contribution is 5.71. The molecular weight excluding hydrogens is 877 g/mol. The predicted molar refractivity (Wildman–Crippen MR) is 307 cm³/mol. The maximum atomic E-state index is 12.9. The minimum absolute atomic E-state index is 0.0793. The van der Waals surface area contributed by atoms with Gasteiger partial charge in [-0.15, -0.1) is 0 Å². The molecule has 0 aromatic heterocycles. The average Bonchev–Trinajstić information content (AvgIpc) is 3.37. The Labute approximate surface area is 441 Å². The fourth-order valence-corrected chi connectivity index (χ4v) is 9.09. The first kappa shape index (κ1) is 68.4. The van der Waals surface area contributed by atoms with Gasteiger partial charge in [-0.3, -0.25) is 14.4 Å². The number of esters is 3. The van der Waals surface area contributed by atoms with E-state index in [-0.39, 0.29) is 31.1 Å². The van der Waals surface area contributed by atoms with Crippen LogP contribution in [0.3, 0.4) is 0 Å². The fourth-order valence-electron chi connectivity index (χ4n) is 9.09. The zero-order chi connectivity index (χ0) is 51.4. The van der Waals surface area contributed by atoms with Crippen molar-refractivity contribution in [2.75, 3.05) is 13.2 Å². The molecule has 0 unspecified atom stereocenters. The molecule has 0 aliphatic heterocycles. The molecule has 0 radical (unpaired) electrons. The number of carbonyl (C=O) groups excluding carboxylic acids is 3. The smallest absolute Gasteiger partial charge is 0.306 e. The van der Waals surface area contributed by atoms with E-state index in [1.165, 1.54) is 205 Å². The van der Waals surface area contributed by atoms with Gasteiger partial charge in [-0.1, -0.05) is 275 Å². The van der Waals surface area contributed by atoms with Gasteiger partial charge in [0.25, 0.3) is 0 Å². The van der Waals surface area contributed by atoms with Crippen LogP contribution in [0, 0.1) is 0 Å². The van der Waals surface area contributed by atoms with Crippen molar-refractivity contribution in [3.63, 3.8) is 0 Å². The van der Waals surface area contributed by atoms with Crippen molar-refractivity contribution in [2.24, 2.45) is 0 Å². The molecule has 6 heteroatoms. The quantitative estimate of drug-likeness (QED) is 0.0261. The first-order valence-corrected chi connectivity index (χ1v) is 31.1. The van der Waals surface area contributed by atoms with Crippen LogP contribution < -0.4 is 0 Å². The Kier molecular flexibility index (Phi) is 57.7. The highest BCUT2D eigenvalue weighted by atomic mass is 16.6. The van der Waals surface area contributed by atoms with E-state index in [1.807, 2.05) is 0 Å². The van der Waals surface area contributed by atoms with Gasteiger partial charge in [0, 0.05) is 19.3 Å². The molecule has 0 aromatic carbocycles. The third-order valence-corrected chi connectivity index (χ3v) is 13.8. The molecule has 0 aromatic rings. The molecule has 71 heavy (non-hydrogen) atoms. The van der Waals surface area contributed by atoms with E-state index in [0.717, 1.165) is 83.5 Å². The molecular formula is C65H118O6. The van der Waals surface area contributed by atoms with E-state index < -0.39 is 6.10 Å². The Bertz CT molecular complexity index is 1230. The first-order chi connectivity index (χ1) is 35.0. The summed E-state index contributed by atoms with van der Waals surface area (Å²) in [4.78, 5) is 38.3. The second-order valence-corrected chi connectivity index (χ2v) is 21.0. The zero-order valence-electron chi connectivity index (χ0n) is 47.5. The second-order valence-electron chi connectivity index (χ2n) is 21.0. The maximum Gasteiger partial charge on any atom is 0.306 e. The molecule has 6 nitrogen and oxygen atoms in total. The van der Waals surface area contributed by atoms with Crippen LogP contribution in [0.2, 0.25) is 0 Å². The van der Waals surface area contributed by atoms with Crippen molar-refractivity contribution in [3.8, 4) is 0 Å². The van der Waals surface area contributed by atoms with Crippen molar-refractivity contribution in [1.82, 2.24) is 0 Å². The topological polar surface area (TPSA) is 78.9 Å². The van der Waals surface area contributed by atoms with Gasteiger partial charge in [-0.05, 0) is 83.5 Å². The van der Waals surface area contributed by atoms with Crippen molar-refractivity contribution < 1.29 is 28.6 Å². The second kappa shape index (κ2) is 59.9. The molecule has 0 saturated heterocycles. The molecule has 0 spiro atoms. The standard InChI is InChI=1S/C65H118O6/c1-4-7-10-13-16-19-22-25-28-31-32-35-37-40-43-46-49-52-55-58-64(67)70-61-62(71-65(68)59-56-53-50-47-44-41-38-34-30-27-24-21-18-15-12-9-6-3)60-69-63(66)57-54-51-48-45-42-39-36-33-29-26-23-20-17-14-11-8-5-2/h18,21,25,27-28,30,38,41,62H,4-17,19-20,22-24,26,29,31-37,39-40,42-61H2,1-3H3/b21-18+,28-25+,30-27+,41-38+/t62-/m1/s1. The molecule has 0 fully saturated rings. The summed E-state index contributed by atoms with van der Waals surface area (Å²) < 4.78 is 16.9. The van der Waals surface area contributed by atoms with Crippen LogP contribution in [0.1, 0.15) is 329 Å². The van der Waals surface area contributed by atoms with E-state index in [9.17, 15) is 14.4 Å². The third-order valence-electron chi connectivity index (χ3n) is 13.8. The van der Waals surface area contributed by atoms with E-state index >= 15 is 0 Å². The lowest BCUT2D eigenvalue weighted by Gasteiger charge is -2.18. The number of hydrogen-bond acceptors (Lipinski definition) is 6. The Morgan fingerprint density at radius 2 is 0.507 bits per heavy atom. The van der Waals surface area contributed by atoms with Crippen LogP contribution >= 0.6 is 0 Å². The molecule has 0 N–H and O–H groups in total. The highest BCUT2D eigenvalue weighted by Gasteiger charge is 2.19. The summed E-state index contributed by atoms with van der Waals surface area (Å²) in [7, 11) is 0. The number of unbranched alkanes of at least 4 members (excludes halogenated alkanes) is 38. The summed E-state index contributed by atoms with van der Waals surface area (Å²) in [6.07, 6.45) is 73.9. The fraction of sp³-hybridized carbons (Fsp3) is 0.831. The van der Waals surface area contributed by atoms with Gasteiger partial charge in [0.1, 0.15) is 13.2 Å². The number of allylic oxidation sites excluding steroid dienone is 8.